The van der Waals surface area contributed by atoms with Crippen LogP contribution >= 0.6 is 0 Å². The molecule has 0 bridgehead atoms. The Bertz CT molecular complexity index is 2410. The maximum absolute atomic E-state index is 6.35. The third-order valence-electron chi connectivity index (χ3n) is 8.05. The second kappa shape index (κ2) is 8.44. The molecule has 0 unspecified atom stereocenters. The van der Waals surface area contributed by atoms with Crippen molar-refractivity contribution >= 4 is 54.8 Å². The lowest BCUT2D eigenvalue weighted by molar-refractivity contribution is 0.619. The predicted octanol–water partition coefficient (Wildman–Crippen LogP) is 10.2. The lowest BCUT2D eigenvalue weighted by atomic mass is 10.1. The number of rotatable bonds is 3. The van der Waals surface area contributed by atoms with Gasteiger partial charge in [0, 0.05) is 27.4 Å². The number of oxazole rings is 1. The number of aromatic nitrogens is 2. The Balaban J connectivity index is 1.24. The number of hydrogen-bond acceptors (Lipinski definition) is 3. The molecule has 0 spiro atoms. The summed E-state index contributed by atoms with van der Waals surface area (Å²) in [4.78, 5) is 5.01. The highest BCUT2D eigenvalue weighted by Crippen LogP contribution is 2.38. The Labute approximate surface area is 234 Å². The smallest absolute Gasteiger partial charge is 0.227 e. The van der Waals surface area contributed by atoms with E-state index in [2.05, 4.69) is 102 Å². The van der Waals surface area contributed by atoms with Crippen molar-refractivity contribution in [3.8, 4) is 28.3 Å². The molecule has 4 nitrogen and oxygen atoms in total. The SMILES string of the molecule is c1ccc(-c2ccc(-n3c4ccccc4c4ccc(-c5nc6c(ccc7oc8ccccc8c76)o5)cc43)cc2)cc1. The maximum Gasteiger partial charge on any atom is 0.227 e. The fourth-order valence-electron chi connectivity index (χ4n) is 6.14. The largest absolute Gasteiger partial charge is 0.456 e. The van der Waals surface area contributed by atoms with E-state index in [9.17, 15) is 0 Å². The number of benzene rings is 6. The molecule has 0 amide bonds. The van der Waals surface area contributed by atoms with Crippen molar-refractivity contribution in [3.63, 3.8) is 0 Å². The Morgan fingerprint density at radius 1 is 0.463 bits per heavy atom. The highest BCUT2D eigenvalue weighted by molar-refractivity contribution is 6.17. The molecule has 0 aliphatic heterocycles. The van der Waals surface area contributed by atoms with Crippen LogP contribution in [0.5, 0.6) is 0 Å². The van der Waals surface area contributed by atoms with E-state index in [0.29, 0.717) is 5.89 Å². The fourth-order valence-corrected chi connectivity index (χ4v) is 6.14. The summed E-state index contributed by atoms with van der Waals surface area (Å²) in [5.74, 6) is 0.593. The minimum atomic E-state index is 0.593. The van der Waals surface area contributed by atoms with Crippen LogP contribution in [0.15, 0.2) is 142 Å². The van der Waals surface area contributed by atoms with Crippen molar-refractivity contribution in [1.82, 2.24) is 9.55 Å². The van der Waals surface area contributed by atoms with Crippen LogP contribution in [0.1, 0.15) is 0 Å². The van der Waals surface area contributed by atoms with Crippen molar-refractivity contribution in [1.29, 1.82) is 0 Å². The second-order valence-electron chi connectivity index (χ2n) is 10.4. The number of nitrogens with zero attached hydrogens (tertiary/aromatic N) is 2. The molecule has 0 aliphatic rings. The van der Waals surface area contributed by atoms with E-state index in [-0.39, 0.29) is 0 Å². The lowest BCUT2D eigenvalue weighted by Crippen LogP contribution is -1.94. The molecule has 3 aromatic heterocycles. The molecular weight excluding hydrogens is 504 g/mol. The molecule has 0 saturated heterocycles. The van der Waals surface area contributed by atoms with E-state index < -0.39 is 0 Å². The molecule has 192 valence electrons. The van der Waals surface area contributed by atoms with E-state index in [1.807, 2.05) is 36.4 Å². The van der Waals surface area contributed by atoms with Crippen LogP contribution < -0.4 is 0 Å². The molecule has 0 aliphatic carbocycles. The van der Waals surface area contributed by atoms with Gasteiger partial charge in [-0.2, -0.15) is 0 Å². The van der Waals surface area contributed by atoms with Crippen LogP contribution in [0, 0.1) is 0 Å². The first-order valence-corrected chi connectivity index (χ1v) is 13.7. The van der Waals surface area contributed by atoms with E-state index in [1.165, 1.54) is 21.9 Å². The van der Waals surface area contributed by atoms with Crippen LogP contribution in [0.25, 0.3) is 83.1 Å². The predicted molar refractivity (Wildman–Crippen MR) is 166 cm³/mol. The van der Waals surface area contributed by atoms with Gasteiger partial charge < -0.3 is 13.4 Å². The van der Waals surface area contributed by atoms with Gasteiger partial charge in [0.05, 0.1) is 16.4 Å². The number of para-hydroxylation sites is 2. The summed E-state index contributed by atoms with van der Waals surface area (Å²) in [5, 5.41) is 4.44. The second-order valence-corrected chi connectivity index (χ2v) is 10.4. The molecule has 0 radical (unpaired) electrons. The van der Waals surface area contributed by atoms with Gasteiger partial charge in [0.25, 0.3) is 0 Å². The molecule has 0 fully saturated rings. The zero-order valence-corrected chi connectivity index (χ0v) is 21.9. The average Bonchev–Trinajstić information content (AvgIpc) is 3.73. The maximum atomic E-state index is 6.35. The van der Waals surface area contributed by atoms with Crippen molar-refractivity contribution < 1.29 is 8.83 Å². The van der Waals surface area contributed by atoms with Gasteiger partial charge in [-0.1, -0.05) is 84.9 Å². The topological polar surface area (TPSA) is 44.1 Å². The third-order valence-corrected chi connectivity index (χ3v) is 8.05. The molecule has 0 saturated carbocycles. The molecule has 41 heavy (non-hydrogen) atoms. The highest BCUT2D eigenvalue weighted by atomic mass is 16.4. The van der Waals surface area contributed by atoms with E-state index in [0.717, 1.165) is 55.3 Å². The molecule has 6 aromatic carbocycles. The molecular formula is C37H22N2O2. The van der Waals surface area contributed by atoms with Gasteiger partial charge in [-0.25, -0.2) is 4.98 Å². The van der Waals surface area contributed by atoms with E-state index in [4.69, 9.17) is 13.8 Å². The summed E-state index contributed by atoms with van der Waals surface area (Å²) >= 11 is 0. The van der Waals surface area contributed by atoms with Crippen molar-refractivity contribution in [2.75, 3.05) is 0 Å². The monoisotopic (exact) mass is 526 g/mol. The summed E-state index contributed by atoms with van der Waals surface area (Å²) in [6, 6.07) is 46.3. The summed E-state index contributed by atoms with van der Waals surface area (Å²) in [5.41, 5.74) is 9.94. The molecule has 4 heteroatoms. The first-order valence-electron chi connectivity index (χ1n) is 13.7. The van der Waals surface area contributed by atoms with Gasteiger partial charge in [-0.3, -0.25) is 0 Å². The number of furan rings is 1. The lowest BCUT2D eigenvalue weighted by Gasteiger charge is -2.10. The highest BCUT2D eigenvalue weighted by Gasteiger charge is 2.18. The van der Waals surface area contributed by atoms with Gasteiger partial charge in [0.2, 0.25) is 5.89 Å². The van der Waals surface area contributed by atoms with Crippen molar-refractivity contribution in [2.24, 2.45) is 0 Å². The first-order chi connectivity index (χ1) is 20.3. The quantitative estimate of drug-likeness (QED) is 0.230. The summed E-state index contributed by atoms with van der Waals surface area (Å²) in [7, 11) is 0. The molecule has 9 aromatic rings. The molecule has 0 N–H and O–H groups in total. The number of hydrogen-bond donors (Lipinski definition) is 0. The fraction of sp³-hybridized carbons (Fsp3) is 0. The average molecular weight is 527 g/mol. The minimum absolute atomic E-state index is 0.593. The third kappa shape index (κ3) is 3.31. The Hall–Kier alpha value is -5.61. The van der Waals surface area contributed by atoms with Crippen LogP contribution in [-0.4, -0.2) is 9.55 Å². The molecule has 9 rings (SSSR count). The number of fused-ring (bicyclic) bond motifs is 8. The van der Waals surface area contributed by atoms with Crippen molar-refractivity contribution in [3.05, 3.63) is 133 Å². The zero-order chi connectivity index (χ0) is 26.9. The first kappa shape index (κ1) is 22.2. The summed E-state index contributed by atoms with van der Waals surface area (Å²) in [6.45, 7) is 0. The Kier molecular flexibility index (Phi) is 4.58. The van der Waals surface area contributed by atoms with Gasteiger partial charge in [-0.15, -0.1) is 0 Å². The van der Waals surface area contributed by atoms with E-state index in [1.54, 1.807) is 0 Å². The van der Waals surface area contributed by atoms with Crippen molar-refractivity contribution in [2.45, 2.75) is 0 Å². The standard InChI is InChI=1S/C37H22N2O2/c1-2-8-23(9-3-1)24-14-17-26(18-15-24)39-30-12-6-4-10-27(30)28-19-16-25(22-31(28)39)37-38-36-34(41-37)21-20-33-35(36)29-11-5-7-13-32(29)40-33/h1-22H. The van der Waals surface area contributed by atoms with Gasteiger partial charge in [0.15, 0.2) is 5.58 Å². The summed E-state index contributed by atoms with van der Waals surface area (Å²) < 4.78 is 14.8. The minimum Gasteiger partial charge on any atom is -0.456 e. The zero-order valence-electron chi connectivity index (χ0n) is 21.9. The van der Waals surface area contributed by atoms with Crippen LogP contribution in [0.3, 0.4) is 0 Å². The molecule has 0 atom stereocenters. The normalized spacial score (nSPS) is 11.9. The van der Waals surface area contributed by atoms with Gasteiger partial charge in [-0.05, 0) is 59.7 Å². The van der Waals surface area contributed by atoms with Gasteiger partial charge in [0.1, 0.15) is 16.7 Å². The van der Waals surface area contributed by atoms with E-state index >= 15 is 0 Å². The summed E-state index contributed by atoms with van der Waals surface area (Å²) in [6.07, 6.45) is 0. The Morgan fingerprint density at radius 2 is 1.15 bits per heavy atom. The van der Waals surface area contributed by atoms with Crippen LogP contribution in [0.4, 0.5) is 0 Å². The van der Waals surface area contributed by atoms with Crippen LogP contribution in [0.2, 0.25) is 0 Å². The van der Waals surface area contributed by atoms with Crippen LogP contribution in [-0.2, 0) is 0 Å². The van der Waals surface area contributed by atoms with Gasteiger partial charge >= 0.3 is 0 Å². The molecule has 3 heterocycles. The Morgan fingerprint density at radius 3 is 2.02 bits per heavy atom.